The second kappa shape index (κ2) is 5.59. The van der Waals surface area contributed by atoms with Crippen molar-refractivity contribution in [3.63, 3.8) is 0 Å². The van der Waals surface area contributed by atoms with E-state index in [0.29, 0.717) is 32.1 Å². The Morgan fingerprint density at radius 1 is 1.09 bits per heavy atom. The van der Waals surface area contributed by atoms with Crippen LogP contribution in [0.1, 0.15) is 64.0 Å². The lowest BCUT2D eigenvalue weighted by Gasteiger charge is -2.44. The first-order chi connectivity index (χ1) is 10.6. The minimum Gasteiger partial charge on any atom is -0.389 e. The number of hydrogen-bond acceptors (Lipinski definition) is 3. The highest BCUT2D eigenvalue weighted by Crippen LogP contribution is 2.42. The Hall–Kier alpha value is -0.870. The fourth-order valence-electron chi connectivity index (χ4n) is 4.19. The molecule has 2 aliphatic heterocycles. The second-order valence-corrected chi connectivity index (χ2v) is 11.0. The Kier molecular flexibility index (Phi) is 4.13. The normalized spacial score (nSPS) is 33.4. The standard InChI is InChI=1S/C19H28O3S/c1-18(2,3)15-9-7-14(8-10-15)11-19(20)12-16-5-4-6-17(13-19)23(16,21)22/h7-10,16-17,20H,4-6,11-13H2,1-3H3. The average Bonchev–Trinajstić information content (AvgIpc) is 2.40. The molecule has 2 atom stereocenters. The van der Waals surface area contributed by atoms with E-state index in [1.807, 2.05) is 0 Å². The molecule has 0 amide bonds. The van der Waals surface area contributed by atoms with Crippen molar-refractivity contribution in [1.29, 1.82) is 0 Å². The summed E-state index contributed by atoms with van der Waals surface area (Å²) >= 11 is 0. The van der Waals surface area contributed by atoms with E-state index in [9.17, 15) is 13.5 Å². The fraction of sp³-hybridized carbons (Fsp3) is 0.684. The predicted molar refractivity (Wildman–Crippen MR) is 93.4 cm³/mol. The molecule has 2 bridgehead atoms. The van der Waals surface area contributed by atoms with Crippen LogP contribution in [0.25, 0.3) is 0 Å². The molecule has 128 valence electrons. The van der Waals surface area contributed by atoms with Crippen molar-refractivity contribution in [3.05, 3.63) is 35.4 Å². The maximum Gasteiger partial charge on any atom is 0.156 e. The Morgan fingerprint density at radius 2 is 1.61 bits per heavy atom. The zero-order valence-electron chi connectivity index (χ0n) is 14.4. The van der Waals surface area contributed by atoms with Crippen LogP contribution >= 0.6 is 0 Å². The maximum atomic E-state index is 12.4. The smallest absolute Gasteiger partial charge is 0.156 e. The lowest BCUT2D eigenvalue weighted by atomic mass is 9.80. The zero-order chi connectivity index (χ0) is 16.9. The third kappa shape index (κ3) is 3.34. The van der Waals surface area contributed by atoms with Crippen LogP contribution in [0.15, 0.2) is 24.3 Å². The molecule has 2 saturated heterocycles. The molecule has 3 nitrogen and oxygen atoms in total. The monoisotopic (exact) mass is 336 g/mol. The maximum absolute atomic E-state index is 12.4. The molecule has 4 heteroatoms. The van der Waals surface area contributed by atoms with Crippen molar-refractivity contribution in [1.82, 2.24) is 0 Å². The van der Waals surface area contributed by atoms with Gasteiger partial charge in [0.1, 0.15) is 0 Å². The third-order valence-electron chi connectivity index (χ3n) is 5.55. The van der Waals surface area contributed by atoms with Crippen molar-refractivity contribution in [2.24, 2.45) is 0 Å². The van der Waals surface area contributed by atoms with E-state index in [0.717, 1.165) is 12.0 Å². The van der Waals surface area contributed by atoms with Crippen LogP contribution in [0, 0.1) is 0 Å². The number of aliphatic hydroxyl groups is 1. The first-order valence-corrected chi connectivity index (χ1v) is 10.3. The number of hydrogen-bond donors (Lipinski definition) is 1. The Bertz CT molecular complexity index is 648. The van der Waals surface area contributed by atoms with Crippen molar-refractivity contribution >= 4 is 9.84 Å². The van der Waals surface area contributed by atoms with Crippen LogP contribution < -0.4 is 0 Å². The Labute approximate surface area is 140 Å². The molecule has 2 fully saturated rings. The summed E-state index contributed by atoms with van der Waals surface area (Å²) in [5.74, 6) is 0. The van der Waals surface area contributed by atoms with Gasteiger partial charge in [0.25, 0.3) is 0 Å². The highest BCUT2D eigenvalue weighted by atomic mass is 32.2. The Balaban J connectivity index is 1.78. The van der Waals surface area contributed by atoms with Gasteiger partial charge in [-0.2, -0.15) is 0 Å². The van der Waals surface area contributed by atoms with Crippen LogP contribution in [-0.4, -0.2) is 29.6 Å². The summed E-state index contributed by atoms with van der Waals surface area (Å²) in [4.78, 5) is 0. The van der Waals surface area contributed by atoms with E-state index >= 15 is 0 Å². The highest BCUT2D eigenvalue weighted by Gasteiger charge is 2.50. The molecule has 0 aliphatic carbocycles. The lowest BCUT2D eigenvalue weighted by Crippen LogP contribution is -2.52. The summed E-state index contributed by atoms with van der Waals surface area (Å²) in [5, 5.41) is 10.3. The van der Waals surface area contributed by atoms with Crippen LogP contribution in [0.5, 0.6) is 0 Å². The fourth-order valence-corrected chi connectivity index (χ4v) is 6.81. The first kappa shape index (κ1) is 17.0. The molecule has 2 heterocycles. The molecule has 1 aromatic carbocycles. The summed E-state index contributed by atoms with van der Waals surface area (Å²) in [5.41, 5.74) is 1.62. The topological polar surface area (TPSA) is 54.4 Å². The van der Waals surface area contributed by atoms with Gasteiger partial charge in [0.2, 0.25) is 0 Å². The largest absolute Gasteiger partial charge is 0.389 e. The van der Waals surface area contributed by atoms with Gasteiger partial charge in [0.15, 0.2) is 9.84 Å². The van der Waals surface area contributed by atoms with Crippen molar-refractivity contribution in [2.75, 3.05) is 0 Å². The molecule has 0 saturated carbocycles. The summed E-state index contributed by atoms with van der Waals surface area (Å²) in [7, 11) is -3.01. The van der Waals surface area contributed by atoms with E-state index in [2.05, 4.69) is 45.0 Å². The van der Waals surface area contributed by atoms with Gasteiger partial charge >= 0.3 is 0 Å². The van der Waals surface area contributed by atoms with Crippen LogP contribution in [-0.2, 0) is 21.7 Å². The molecular weight excluding hydrogens is 308 g/mol. The van der Waals surface area contributed by atoms with Crippen molar-refractivity contribution < 1.29 is 13.5 Å². The SMILES string of the molecule is CC(C)(C)c1ccc(CC2(O)CC3CCCC(C2)S3(=O)=O)cc1. The number of rotatable bonds is 2. The molecule has 2 aliphatic rings. The van der Waals surface area contributed by atoms with Crippen LogP contribution in [0.4, 0.5) is 0 Å². The van der Waals surface area contributed by atoms with E-state index in [1.165, 1.54) is 5.56 Å². The lowest BCUT2D eigenvalue weighted by molar-refractivity contribution is 0.00989. The molecule has 1 aromatic rings. The van der Waals surface area contributed by atoms with Crippen molar-refractivity contribution in [2.45, 2.75) is 80.8 Å². The van der Waals surface area contributed by atoms with E-state index < -0.39 is 15.4 Å². The summed E-state index contributed by atoms with van der Waals surface area (Å²) in [6.45, 7) is 6.55. The average molecular weight is 336 g/mol. The van der Waals surface area contributed by atoms with Gasteiger partial charge in [0.05, 0.1) is 16.1 Å². The number of sulfone groups is 1. The van der Waals surface area contributed by atoms with Gasteiger partial charge < -0.3 is 5.11 Å². The minimum absolute atomic E-state index is 0.116. The van der Waals surface area contributed by atoms with E-state index in [4.69, 9.17) is 0 Å². The van der Waals surface area contributed by atoms with E-state index in [1.54, 1.807) is 0 Å². The van der Waals surface area contributed by atoms with E-state index in [-0.39, 0.29) is 15.9 Å². The van der Waals surface area contributed by atoms with Gasteiger partial charge in [-0.3, -0.25) is 0 Å². The van der Waals surface area contributed by atoms with Crippen LogP contribution in [0.2, 0.25) is 0 Å². The first-order valence-electron chi connectivity index (χ1n) is 8.65. The summed E-state index contributed by atoms with van der Waals surface area (Å²) < 4.78 is 24.8. The van der Waals surface area contributed by atoms with Crippen LogP contribution in [0.3, 0.4) is 0 Å². The van der Waals surface area contributed by atoms with Gasteiger partial charge in [-0.05, 0) is 42.2 Å². The van der Waals surface area contributed by atoms with Crippen molar-refractivity contribution in [3.8, 4) is 0 Å². The molecule has 3 rings (SSSR count). The molecule has 0 aromatic heterocycles. The second-order valence-electron chi connectivity index (χ2n) is 8.52. The van der Waals surface area contributed by atoms with Gasteiger partial charge in [-0.15, -0.1) is 0 Å². The zero-order valence-corrected chi connectivity index (χ0v) is 15.2. The summed E-state index contributed by atoms with van der Waals surface area (Å²) in [6.07, 6.45) is 3.75. The quantitative estimate of drug-likeness (QED) is 0.901. The van der Waals surface area contributed by atoms with Gasteiger partial charge in [-0.25, -0.2) is 8.42 Å². The van der Waals surface area contributed by atoms with Gasteiger partial charge in [0, 0.05) is 6.42 Å². The molecule has 0 radical (unpaired) electrons. The summed E-state index contributed by atoms with van der Waals surface area (Å²) in [6, 6.07) is 8.41. The molecule has 23 heavy (non-hydrogen) atoms. The molecule has 0 spiro atoms. The minimum atomic E-state index is -3.01. The molecule has 2 unspecified atom stereocenters. The van der Waals surface area contributed by atoms with Gasteiger partial charge in [-0.1, -0.05) is 51.5 Å². The molecular formula is C19H28O3S. The number of fused-ring (bicyclic) bond motifs is 2. The third-order valence-corrected chi connectivity index (χ3v) is 8.21. The predicted octanol–water partition coefficient (Wildman–Crippen LogP) is 3.39. The Morgan fingerprint density at radius 3 is 2.09 bits per heavy atom. The number of benzene rings is 1. The highest BCUT2D eigenvalue weighted by molar-refractivity contribution is 7.92. The molecule has 1 N–H and O–H groups in total.